The van der Waals surface area contributed by atoms with Crippen molar-refractivity contribution in [1.82, 2.24) is 4.90 Å². The van der Waals surface area contributed by atoms with Gasteiger partial charge in [0.25, 0.3) is 0 Å². The SMILES string of the molecule is Cc1cc(F)cc(C2(O)CC3CCCC(C2)N3C)c1. The smallest absolute Gasteiger partial charge is 0.123 e. The number of aryl methyl sites for hydroxylation is 1. The summed E-state index contributed by atoms with van der Waals surface area (Å²) in [6.07, 6.45) is 4.98. The van der Waals surface area contributed by atoms with Crippen LogP contribution in [0.5, 0.6) is 0 Å². The van der Waals surface area contributed by atoms with Crippen LogP contribution in [0.15, 0.2) is 18.2 Å². The average Bonchev–Trinajstić information content (AvgIpc) is 2.30. The van der Waals surface area contributed by atoms with Crippen LogP contribution in [0.25, 0.3) is 0 Å². The van der Waals surface area contributed by atoms with Crippen molar-refractivity contribution in [2.45, 2.75) is 56.7 Å². The van der Waals surface area contributed by atoms with Crippen LogP contribution in [0.3, 0.4) is 0 Å². The first-order valence-electron chi connectivity index (χ1n) is 7.20. The normalized spacial score (nSPS) is 35.4. The number of benzene rings is 1. The topological polar surface area (TPSA) is 23.5 Å². The molecule has 2 aliphatic rings. The number of fused-ring (bicyclic) bond motifs is 2. The number of rotatable bonds is 1. The lowest BCUT2D eigenvalue weighted by Gasteiger charge is -2.50. The van der Waals surface area contributed by atoms with Gasteiger partial charge in [0, 0.05) is 12.1 Å². The molecule has 2 unspecified atom stereocenters. The van der Waals surface area contributed by atoms with Crippen molar-refractivity contribution in [2.75, 3.05) is 7.05 Å². The van der Waals surface area contributed by atoms with Crippen LogP contribution < -0.4 is 0 Å². The van der Waals surface area contributed by atoms with E-state index in [0.29, 0.717) is 12.1 Å². The summed E-state index contributed by atoms with van der Waals surface area (Å²) in [5.74, 6) is -0.243. The van der Waals surface area contributed by atoms with E-state index in [0.717, 1.165) is 36.8 Å². The summed E-state index contributed by atoms with van der Waals surface area (Å²) in [6, 6.07) is 5.82. The Kier molecular flexibility index (Phi) is 3.14. The summed E-state index contributed by atoms with van der Waals surface area (Å²) in [6.45, 7) is 1.88. The zero-order valence-electron chi connectivity index (χ0n) is 11.7. The lowest BCUT2D eigenvalue weighted by molar-refractivity contribution is -0.0876. The summed E-state index contributed by atoms with van der Waals surface area (Å²) < 4.78 is 13.6. The summed E-state index contributed by atoms with van der Waals surface area (Å²) in [5.41, 5.74) is 0.789. The van der Waals surface area contributed by atoms with Gasteiger partial charge in [-0.05, 0) is 62.9 Å². The quantitative estimate of drug-likeness (QED) is 0.842. The molecule has 1 N–H and O–H groups in total. The summed E-state index contributed by atoms with van der Waals surface area (Å²) in [5, 5.41) is 11.0. The lowest BCUT2D eigenvalue weighted by atomic mass is 9.72. The highest BCUT2D eigenvalue weighted by Crippen LogP contribution is 2.43. The van der Waals surface area contributed by atoms with Gasteiger partial charge in [-0.2, -0.15) is 0 Å². The van der Waals surface area contributed by atoms with Gasteiger partial charge in [0.2, 0.25) is 0 Å². The van der Waals surface area contributed by atoms with Gasteiger partial charge in [-0.1, -0.05) is 12.5 Å². The van der Waals surface area contributed by atoms with Crippen LogP contribution >= 0.6 is 0 Å². The zero-order valence-corrected chi connectivity index (χ0v) is 11.7. The molecule has 2 saturated heterocycles. The minimum absolute atomic E-state index is 0.243. The summed E-state index contributed by atoms with van der Waals surface area (Å²) in [4.78, 5) is 2.41. The second-order valence-corrected chi connectivity index (χ2v) is 6.36. The number of halogens is 1. The number of aliphatic hydroxyl groups is 1. The van der Waals surface area contributed by atoms with Crippen molar-refractivity contribution in [1.29, 1.82) is 0 Å². The minimum Gasteiger partial charge on any atom is -0.385 e. The predicted octanol–water partition coefficient (Wildman–Crippen LogP) is 2.97. The van der Waals surface area contributed by atoms with Gasteiger partial charge in [-0.25, -0.2) is 4.39 Å². The average molecular weight is 263 g/mol. The Bertz CT molecular complexity index is 453. The first-order chi connectivity index (χ1) is 8.98. The molecule has 0 spiro atoms. The zero-order chi connectivity index (χ0) is 13.6. The predicted molar refractivity (Wildman–Crippen MR) is 73.5 cm³/mol. The molecule has 2 heterocycles. The highest BCUT2D eigenvalue weighted by atomic mass is 19.1. The molecule has 3 rings (SSSR count). The van der Waals surface area contributed by atoms with Crippen molar-refractivity contribution >= 4 is 0 Å². The van der Waals surface area contributed by atoms with Gasteiger partial charge in [0.05, 0.1) is 5.60 Å². The third-order valence-electron chi connectivity index (χ3n) is 4.95. The van der Waals surface area contributed by atoms with Crippen molar-refractivity contribution in [3.8, 4) is 0 Å². The molecule has 1 aromatic rings. The molecule has 3 heteroatoms. The van der Waals surface area contributed by atoms with Crippen LogP contribution in [0.1, 0.15) is 43.2 Å². The first-order valence-corrected chi connectivity index (χ1v) is 7.20. The molecule has 0 saturated carbocycles. The van der Waals surface area contributed by atoms with Crippen LogP contribution in [-0.4, -0.2) is 29.1 Å². The molecule has 2 fully saturated rings. The van der Waals surface area contributed by atoms with Crippen molar-refractivity contribution in [3.05, 3.63) is 35.1 Å². The largest absolute Gasteiger partial charge is 0.385 e. The molecule has 104 valence electrons. The molecule has 0 amide bonds. The Labute approximate surface area is 114 Å². The fraction of sp³-hybridized carbons (Fsp3) is 0.625. The van der Waals surface area contributed by atoms with Crippen molar-refractivity contribution in [2.24, 2.45) is 0 Å². The number of piperidine rings is 2. The summed E-state index contributed by atoms with van der Waals surface area (Å²) >= 11 is 0. The van der Waals surface area contributed by atoms with E-state index >= 15 is 0 Å². The van der Waals surface area contributed by atoms with Gasteiger partial charge in [0.1, 0.15) is 5.82 Å². The fourth-order valence-corrected chi connectivity index (χ4v) is 3.89. The molecular weight excluding hydrogens is 241 g/mol. The third kappa shape index (κ3) is 2.30. The number of hydrogen-bond acceptors (Lipinski definition) is 2. The van der Waals surface area contributed by atoms with Crippen LogP contribution in [-0.2, 0) is 5.60 Å². The summed E-state index contributed by atoms with van der Waals surface area (Å²) in [7, 11) is 2.16. The number of nitrogens with zero attached hydrogens (tertiary/aromatic N) is 1. The van der Waals surface area contributed by atoms with E-state index in [9.17, 15) is 9.50 Å². The van der Waals surface area contributed by atoms with E-state index in [-0.39, 0.29) is 5.82 Å². The Hall–Kier alpha value is -0.930. The Balaban J connectivity index is 1.95. The third-order valence-corrected chi connectivity index (χ3v) is 4.95. The van der Waals surface area contributed by atoms with Crippen LogP contribution in [0.2, 0.25) is 0 Å². The van der Waals surface area contributed by atoms with E-state index in [1.165, 1.54) is 18.6 Å². The molecule has 2 atom stereocenters. The maximum absolute atomic E-state index is 13.6. The van der Waals surface area contributed by atoms with Crippen molar-refractivity contribution in [3.63, 3.8) is 0 Å². The molecule has 0 aromatic heterocycles. The highest BCUT2D eigenvalue weighted by molar-refractivity contribution is 5.30. The highest BCUT2D eigenvalue weighted by Gasteiger charge is 2.44. The maximum Gasteiger partial charge on any atom is 0.123 e. The Morgan fingerprint density at radius 1 is 1.21 bits per heavy atom. The van der Waals surface area contributed by atoms with Gasteiger partial charge >= 0.3 is 0 Å². The minimum atomic E-state index is -0.852. The maximum atomic E-state index is 13.6. The Morgan fingerprint density at radius 3 is 2.42 bits per heavy atom. The second-order valence-electron chi connectivity index (χ2n) is 6.36. The van der Waals surface area contributed by atoms with E-state index in [1.54, 1.807) is 0 Å². The second kappa shape index (κ2) is 4.57. The van der Waals surface area contributed by atoms with E-state index in [4.69, 9.17) is 0 Å². The molecule has 2 bridgehead atoms. The first kappa shape index (κ1) is 13.1. The van der Waals surface area contributed by atoms with Crippen LogP contribution in [0, 0.1) is 12.7 Å². The molecule has 0 radical (unpaired) electrons. The van der Waals surface area contributed by atoms with Crippen molar-refractivity contribution < 1.29 is 9.50 Å². The Morgan fingerprint density at radius 2 is 1.84 bits per heavy atom. The van der Waals surface area contributed by atoms with E-state index in [2.05, 4.69) is 11.9 Å². The number of hydrogen-bond donors (Lipinski definition) is 1. The molecule has 0 aliphatic carbocycles. The molecule has 19 heavy (non-hydrogen) atoms. The molecule has 2 aliphatic heterocycles. The van der Waals surface area contributed by atoms with E-state index in [1.807, 2.05) is 13.0 Å². The van der Waals surface area contributed by atoms with Gasteiger partial charge < -0.3 is 10.0 Å². The molecule has 2 nitrogen and oxygen atoms in total. The molecular formula is C16H22FNO. The lowest BCUT2D eigenvalue weighted by Crippen LogP contribution is -2.55. The van der Waals surface area contributed by atoms with E-state index < -0.39 is 5.60 Å². The van der Waals surface area contributed by atoms with Gasteiger partial charge in [-0.3, -0.25) is 0 Å². The standard InChI is InChI=1S/C16H22FNO/c1-11-6-12(8-13(17)7-11)16(19)9-14-4-3-5-15(10-16)18(14)2/h6-8,14-15,19H,3-5,9-10H2,1-2H3. The van der Waals surface area contributed by atoms with Gasteiger partial charge in [-0.15, -0.1) is 0 Å². The monoisotopic (exact) mass is 263 g/mol. The van der Waals surface area contributed by atoms with Crippen LogP contribution in [0.4, 0.5) is 4.39 Å². The van der Waals surface area contributed by atoms with Gasteiger partial charge in [0.15, 0.2) is 0 Å². The molecule has 1 aromatic carbocycles. The fourth-order valence-electron chi connectivity index (χ4n) is 3.89.